The number of rotatable bonds is 2. The second kappa shape index (κ2) is 5.18. The first-order chi connectivity index (χ1) is 9.63. The fourth-order valence-electron chi connectivity index (χ4n) is 3.09. The highest BCUT2D eigenvalue weighted by Crippen LogP contribution is 2.37. The Balaban J connectivity index is 1.62. The Labute approximate surface area is 118 Å². The Morgan fingerprint density at radius 3 is 2.80 bits per heavy atom. The van der Waals surface area contributed by atoms with Crippen molar-refractivity contribution in [1.29, 1.82) is 0 Å². The predicted molar refractivity (Wildman–Crippen MR) is 70.5 cm³/mol. The van der Waals surface area contributed by atoms with E-state index in [1.165, 1.54) is 6.20 Å². The van der Waals surface area contributed by atoms with Crippen LogP contribution < -0.4 is 0 Å². The highest BCUT2D eigenvalue weighted by Gasteiger charge is 2.43. The molecule has 1 atom stereocenters. The number of piperidine rings is 1. The second-order valence-electron chi connectivity index (χ2n) is 5.64. The Morgan fingerprint density at radius 1 is 1.50 bits per heavy atom. The van der Waals surface area contributed by atoms with Crippen LogP contribution in [0.2, 0.25) is 0 Å². The molecular formula is C14H20N2O4. The molecule has 0 bridgehead atoms. The van der Waals surface area contributed by atoms with Gasteiger partial charge in [-0.1, -0.05) is 5.16 Å². The molecular weight excluding hydrogens is 260 g/mol. The van der Waals surface area contributed by atoms with E-state index in [0.29, 0.717) is 31.0 Å². The molecule has 1 amide bonds. The van der Waals surface area contributed by atoms with Crippen LogP contribution in [0.5, 0.6) is 0 Å². The lowest BCUT2D eigenvalue weighted by Gasteiger charge is -2.38. The molecule has 3 rings (SSSR count). The van der Waals surface area contributed by atoms with Crippen LogP contribution in [0.25, 0.3) is 0 Å². The first-order valence-corrected chi connectivity index (χ1v) is 7.01. The zero-order valence-corrected chi connectivity index (χ0v) is 11.9. The summed E-state index contributed by atoms with van der Waals surface area (Å²) in [5.41, 5.74) is 0.462. The molecule has 6 heteroatoms. The van der Waals surface area contributed by atoms with Gasteiger partial charge < -0.3 is 18.9 Å². The summed E-state index contributed by atoms with van der Waals surface area (Å²) in [7, 11) is 1.72. The molecule has 0 radical (unpaired) electrons. The Bertz CT molecular complexity index is 491. The van der Waals surface area contributed by atoms with Crippen molar-refractivity contribution in [2.45, 2.75) is 37.9 Å². The van der Waals surface area contributed by atoms with Crippen LogP contribution in [0.15, 0.2) is 10.7 Å². The number of amides is 1. The third-order valence-corrected chi connectivity index (χ3v) is 4.45. The lowest BCUT2D eigenvalue weighted by Crippen LogP contribution is -2.46. The third-order valence-electron chi connectivity index (χ3n) is 4.45. The van der Waals surface area contributed by atoms with E-state index in [1.54, 1.807) is 14.0 Å². The molecule has 1 aromatic heterocycles. The van der Waals surface area contributed by atoms with E-state index < -0.39 is 0 Å². The average Bonchev–Trinajstić information content (AvgIpc) is 3.06. The second-order valence-corrected chi connectivity index (χ2v) is 5.64. The maximum atomic E-state index is 12.4. The molecule has 0 aromatic carbocycles. The normalized spacial score (nSPS) is 25.3. The standard InChI is InChI=1S/C14H20N2O4/c1-10-12(8-15-20-10)13(17)16-5-3-14(4-6-16)7-11(18-2)9-19-14/h8,11H,3-7,9H2,1-2H3. The molecule has 1 aromatic rings. The molecule has 6 nitrogen and oxygen atoms in total. The van der Waals surface area contributed by atoms with Gasteiger partial charge in [-0.2, -0.15) is 0 Å². The molecule has 3 heterocycles. The number of hydrogen-bond donors (Lipinski definition) is 0. The van der Waals surface area contributed by atoms with E-state index in [1.807, 2.05) is 4.90 Å². The number of nitrogens with zero attached hydrogens (tertiary/aromatic N) is 2. The lowest BCUT2D eigenvalue weighted by atomic mass is 9.88. The summed E-state index contributed by atoms with van der Waals surface area (Å²) in [6, 6.07) is 0. The lowest BCUT2D eigenvalue weighted by molar-refractivity contribution is -0.0402. The van der Waals surface area contributed by atoms with Crippen LogP contribution in [-0.4, -0.2) is 54.5 Å². The maximum absolute atomic E-state index is 12.4. The van der Waals surface area contributed by atoms with Gasteiger partial charge in [-0.25, -0.2) is 0 Å². The largest absolute Gasteiger partial charge is 0.379 e. The topological polar surface area (TPSA) is 64.8 Å². The van der Waals surface area contributed by atoms with Crippen LogP contribution in [0, 0.1) is 6.92 Å². The number of aryl methyl sites for hydroxylation is 1. The Kier molecular flexibility index (Phi) is 3.52. The Hall–Kier alpha value is -1.40. The summed E-state index contributed by atoms with van der Waals surface area (Å²) in [6.07, 6.45) is 4.34. The van der Waals surface area contributed by atoms with Gasteiger partial charge in [0.05, 0.1) is 24.5 Å². The van der Waals surface area contributed by atoms with E-state index in [0.717, 1.165) is 19.3 Å². The zero-order chi connectivity index (χ0) is 14.2. The molecule has 0 N–H and O–H groups in total. The summed E-state index contributed by atoms with van der Waals surface area (Å²) >= 11 is 0. The molecule has 2 aliphatic heterocycles. The van der Waals surface area contributed by atoms with Crippen molar-refractivity contribution in [3.63, 3.8) is 0 Å². The van der Waals surface area contributed by atoms with Gasteiger partial charge in [-0.05, 0) is 19.8 Å². The van der Waals surface area contributed by atoms with Crippen molar-refractivity contribution < 1.29 is 18.8 Å². The molecule has 1 spiro atoms. The minimum atomic E-state index is -0.0961. The fourth-order valence-corrected chi connectivity index (χ4v) is 3.09. The van der Waals surface area contributed by atoms with Gasteiger partial charge in [0, 0.05) is 26.6 Å². The van der Waals surface area contributed by atoms with Crippen molar-refractivity contribution in [2.24, 2.45) is 0 Å². The minimum absolute atomic E-state index is 0.000103. The summed E-state index contributed by atoms with van der Waals surface area (Å²) in [4.78, 5) is 14.2. The number of ether oxygens (including phenoxy) is 2. The average molecular weight is 280 g/mol. The first-order valence-electron chi connectivity index (χ1n) is 7.01. The molecule has 2 aliphatic rings. The summed E-state index contributed by atoms with van der Waals surface area (Å²) < 4.78 is 16.3. The van der Waals surface area contributed by atoms with Crippen molar-refractivity contribution in [3.05, 3.63) is 17.5 Å². The van der Waals surface area contributed by atoms with Gasteiger partial charge in [-0.3, -0.25) is 4.79 Å². The molecule has 2 fully saturated rings. The molecule has 1 unspecified atom stereocenters. The van der Waals surface area contributed by atoms with Gasteiger partial charge in [0.1, 0.15) is 11.3 Å². The summed E-state index contributed by atoms with van der Waals surface area (Å²) in [5, 5.41) is 3.67. The quantitative estimate of drug-likeness (QED) is 0.819. The number of methoxy groups -OCH3 is 1. The van der Waals surface area contributed by atoms with Crippen LogP contribution in [0.3, 0.4) is 0 Å². The van der Waals surface area contributed by atoms with Gasteiger partial charge in [0.2, 0.25) is 0 Å². The number of likely N-dealkylation sites (tertiary alicyclic amines) is 1. The predicted octanol–water partition coefficient (Wildman–Crippen LogP) is 1.39. The van der Waals surface area contributed by atoms with Crippen molar-refractivity contribution in [2.75, 3.05) is 26.8 Å². The SMILES string of the molecule is COC1COC2(CCN(C(=O)c3cnoc3C)CC2)C1. The van der Waals surface area contributed by atoms with Gasteiger partial charge >= 0.3 is 0 Å². The minimum Gasteiger partial charge on any atom is -0.379 e. The molecule has 2 saturated heterocycles. The molecule has 110 valence electrons. The first kappa shape index (κ1) is 13.6. The van der Waals surface area contributed by atoms with Crippen molar-refractivity contribution >= 4 is 5.91 Å². The smallest absolute Gasteiger partial charge is 0.259 e. The van der Waals surface area contributed by atoms with E-state index in [-0.39, 0.29) is 17.6 Å². The highest BCUT2D eigenvalue weighted by atomic mass is 16.6. The molecule has 20 heavy (non-hydrogen) atoms. The molecule has 0 saturated carbocycles. The number of carbonyl (C=O) groups is 1. The number of hydrogen-bond acceptors (Lipinski definition) is 5. The van der Waals surface area contributed by atoms with E-state index in [2.05, 4.69) is 5.16 Å². The number of carbonyl (C=O) groups excluding carboxylic acids is 1. The Morgan fingerprint density at radius 2 is 2.25 bits per heavy atom. The van der Waals surface area contributed by atoms with E-state index in [4.69, 9.17) is 14.0 Å². The number of aromatic nitrogens is 1. The third kappa shape index (κ3) is 2.33. The fraction of sp³-hybridized carbons (Fsp3) is 0.714. The van der Waals surface area contributed by atoms with Gasteiger partial charge in [0.15, 0.2) is 0 Å². The summed E-state index contributed by atoms with van der Waals surface area (Å²) in [6.45, 7) is 3.84. The van der Waals surface area contributed by atoms with Crippen molar-refractivity contribution in [3.8, 4) is 0 Å². The highest BCUT2D eigenvalue weighted by molar-refractivity contribution is 5.94. The molecule has 0 aliphatic carbocycles. The van der Waals surface area contributed by atoms with Crippen molar-refractivity contribution in [1.82, 2.24) is 10.1 Å². The van der Waals surface area contributed by atoms with Crippen LogP contribution in [0.1, 0.15) is 35.4 Å². The van der Waals surface area contributed by atoms with Gasteiger partial charge in [-0.15, -0.1) is 0 Å². The monoisotopic (exact) mass is 280 g/mol. The summed E-state index contributed by atoms with van der Waals surface area (Å²) in [5.74, 6) is 0.576. The van der Waals surface area contributed by atoms with Crippen LogP contribution >= 0.6 is 0 Å². The van der Waals surface area contributed by atoms with Crippen LogP contribution in [0.4, 0.5) is 0 Å². The van der Waals surface area contributed by atoms with E-state index >= 15 is 0 Å². The van der Waals surface area contributed by atoms with Crippen LogP contribution in [-0.2, 0) is 9.47 Å². The van der Waals surface area contributed by atoms with E-state index in [9.17, 15) is 4.79 Å². The van der Waals surface area contributed by atoms with Gasteiger partial charge in [0.25, 0.3) is 5.91 Å². The zero-order valence-electron chi connectivity index (χ0n) is 11.9. The maximum Gasteiger partial charge on any atom is 0.259 e.